The second-order valence-electron chi connectivity index (χ2n) is 0.238. The molecule has 0 rings (SSSR count). The fourth-order valence-electron chi connectivity index (χ4n) is 0. The average Bonchev–Trinajstić information content (AvgIpc) is 0.811. The molecule has 40 valence electrons. The molecule has 6 heavy (non-hydrogen) atoms. The van der Waals surface area contributed by atoms with Crippen molar-refractivity contribution in [2.75, 3.05) is 0 Å². The fraction of sp³-hybridized carbons (Fsp3) is 0. The molecule has 0 saturated carbocycles. The van der Waals surface area contributed by atoms with Crippen LogP contribution in [-0.2, 0) is 22.7 Å². The van der Waals surface area contributed by atoms with Crippen molar-refractivity contribution in [2.24, 2.45) is 0 Å². The van der Waals surface area contributed by atoms with Crippen molar-refractivity contribution >= 4 is 24.8 Å². The van der Waals surface area contributed by atoms with E-state index in [1.807, 2.05) is 0 Å². The van der Waals surface area contributed by atoms with Crippen molar-refractivity contribution in [3.05, 3.63) is 0 Å². The van der Waals surface area contributed by atoms with Gasteiger partial charge in [0.25, 0.3) is 0 Å². The molecule has 0 unspecified atom stereocenters. The van der Waals surface area contributed by atoms with Gasteiger partial charge >= 0.3 is 26.8 Å². The van der Waals surface area contributed by atoms with Gasteiger partial charge in [-0.15, -0.1) is 24.8 Å². The molecule has 3 nitrogen and oxygen atoms in total. The zero-order valence-corrected chi connectivity index (χ0v) is 5.56. The van der Waals surface area contributed by atoms with Crippen LogP contribution >= 0.6 is 24.8 Å². The molecule has 0 aromatic heterocycles. The third-order valence-corrected chi connectivity index (χ3v) is 0. The molecular formula is H3Cl2O3V. The zero-order valence-electron chi connectivity index (χ0n) is 2.53. The number of halogens is 2. The Balaban J connectivity index is -0.0000000450. The van der Waals surface area contributed by atoms with Crippen LogP contribution in [0.1, 0.15) is 0 Å². The fourth-order valence-corrected chi connectivity index (χ4v) is 0. The monoisotopic (exact) mass is 172 g/mol. The molecule has 0 aliphatic carbocycles. The summed E-state index contributed by atoms with van der Waals surface area (Å²) in [6.45, 7) is 0. The molecule has 0 saturated heterocycles. The minimum absolute atomic E-state index is 0. The Bertz CT molecular complexity index is 57.2. The van der Waals surface area contributed by atoms with Gasteiger partial charge in [0.2, 0.25) is 0 Å². The molecular weight excluding hydrogens is 170 g/mol. The van der Waals surface area contributed by atoms with Crippen molar-refractivity contribution < 1.29 is 26.8 Å². The summed E-state index contributed by atoms with van der Waals surface area (Å²) >= 11 is -3.69. The van der Waals surface area contributed by atoms with E-state index >= 15 is 0 Å². The molecule has 0 atom stereocenters. The topological polar surface area (TPSA) is 54.4 Å². The summed E-state index contributed by atoms with van der Waals surface area (Å²) in [6, 6.07) is 0. The molecule has 6 heteroatoms. The van der Waals surface area contributed by atoms with E-state index in [1.54, 1.807) is 0 Å². The molecule has 0 fully saturated rings. The van der Waals surface area contributed by atoms with Crippen LogP contribution in [0.3, 0.4) is 0 Å². The summed E-state index contributed by atoms with van der Waals surface area (Å²) in [6.07, 6.45) is 0. The molecule has 0 radical (unpaired) electrons. The van der Waals surface area contributed by atoms with E-state index in [0.717, 1.165) is 0 Å². The molecule has 0 aromatic rings. The maximum absolute atomic E-state index is 8.67. The Labute approximate surface area is 51.9 Å². The number of hydrogen-bond donors (Lipinski definition) is 1. The minimum atomic E-state index is -3.69. The first-order valence-corrected chi connectivity index (χ1v) is 2.33. The van der Waals surface area contributed by atoms with Crippen molar-refractivity contribution in [3.8, 4) is 0 Å². The van der Waals surface area contributed by atoms with E-state index in [-0.39, 0.29) is 24.8 Å². The SMILES string of the molecule is Cl.Cl.[O]=[V](=[O])[OH]. The first-order valence-electron chi connectivity index (χ1n) is 0.565. The van der Waals surface area contributed by atoms with Crippen molar-refractivity contribution in [1.82, 2.24) is 0 Å². The van der Waals surface area contributed by atoms with Gasteiger partial charge in [-0.2, -0.15) is 0 Å². The Morgan fingerprint density at radius 2 is 1.17 bits per heavy atom. The van der Waals surface area contributed by atoms with Gasteiger partial charge in [0, 0.05) is 0 Å². The van der Waals surface area contributed by atoms with Crippen LogP contribution in [0.5, 0.6) is 0 Å². The van der Waals surface area contributed by atoms with Gasteiger partial charge in [0.1, 0.15) is 0 Å². The molecule has 0 aliphatic rings. The summed E-state index contributed by atoms with van der Waals surface area (Å²) in [4.78, 5) is 0. The number of hydrogen-bond acceptors (Lipinski definition) is 2. The molecule has 0 bridgehead atoms. The van der Waals surface area contributed by atoms with Gasteiger partial charge in [0.05, 0.1) is 0 Å². The number of rotatable bonds is 0. The third kappa shape index (κ3) is 125. The molecule has 1 N–H and O–H groups in total. The van der Waals surface area contributed by atoms with E-state index in [1.165, 1.54) is 0 Å². The van der Waals surface area contributed by atoms with Gasteiger partial charge in [-0.05, 0) is 0 Å². The van der Waals surface area contributed by atoms with Gasteiger partial charge in [-0.25, -0.2) is 0 Å². The summed E-state index contributed by atoms with van der Waals surface area (Å²) in [5.74, 6) is 0. The van der Waals surface area contributed by atoms with E-state index in [0.29, 0.717) is 0 Å². The van der Waals surface area contributed by atoms with Crippen molar-refractivity contribution in [2.45, 2.75) is 0 Å². The summed E-state index contributed by atoms with van der Waals surface area (Å²) < 4.78 is 24.4. The van der Waals surface area contributed by atoms with Gasteiger partial charge in [-0.1, -0.05) is 0 Å². The molecule has 0 aromatic carbocycles. The summed E-state index contributed by atoms with van der Waals surface area (Å²) in [5, 5.41) is 0. The van der Waals surface area contributed by atoms with Crippen LogP contribution in [0, 0.1) is 0 Å². The molecule has 0 amide bonds. The first-order chi connectivity index (χ1) is 1.73. The van der Waals surface area contributed by atoms with Crippen molar-refractivity contribution in [1.29, 1.82) is 0 Å². The Morgan fingerprint density at radius 1 is 1.17 bits per heavy atom. The molecule has 0 heterocycles. The normalized spacial score (nSPS) is 4.17. The molecule has 0 aliphatic heterocycles. The van der Waals surface area contributed by atoms with E-state index in [9.17, 15) is 0 Å². The van der Waals surface area contributed by atoms with Gasteiger partial charge < -0.3 is 0 Å². The second-order valence-corrected chi connectivity index (χ2v) is 0.981. The summed E-state index contributed by atoms with van der Waals surface area (Å²) in [7, 11) is 0. The maximum atomic E-state index is 8.67. The van der Waals surface area contributed by atoms with Crippen LogP contribution in [-0.4, -0.2) is 4.03 Å². The Morgan fingerprint density at radius 3 is 1.17 bits per heavy atom. The second kappa shape index (κ2) is 9.21. The molecule has 0 spiro atoms. The van der Waals surface area contributed by atoms with E-state index in [2.05, 4.69) is 0 Å². The van der Waals surface area contributed by atoms with Crippen LogP contribution in [0.25, 0.3) is 0 Å². The first kappa shape index (κ1) is 15.9. The predicted molar refractivity (Wildman–Crippen MR) is 18.1 cm³/mol. The van der Waals surface area contributed by atoms with Crippen LogP contribution in [0.15, 0.2) is 0 Å². The third-order valence-electron chi connectivity index (χ3n) is 0. The van der Waals surface area contributed by atoms with Gasteiger partial charge in [0.15, 0.2) is 0 Å². The van der Waals surface area contributed by atoms with Crippen molar-refractivity contribution in [3.63, 3.8) is 0 Å². The predicted octanol–water partition coefficient (Wildman–Crippen LogP) is 0.0465. The summed E-state index contributed by atoms with van der Waals surface area (Å²) in [5.41, 5.74) is 0. The Kier molecular flexibility index (Phi) is 24.4. The van der Waals surface area contributed by atoms with Crippen LogP contribution in [0.4, 0.5) is 0 Å². The quantitative estimate of drug-likeness (QED) is 0.562. The van der Waals surface area contributed by atoms with Crippen LogP contribution < -0.4 is 0 Å². The van der Waals surface area contributed by atoms with E-state index < -0.39 is 15.4 Å². The van der Waals surface area contributed by atoms with E-state index in [4.69, 9.17) is 11.4 Å². The zero-order chi connectivity index (χ0) is 3.58. The average molecular weight is 173 g/mol. The van der Waals surface area contributed by atoms with Gasteiger partial charge in [-0.3, -0.25) is 0 Å². The van der Waals surface area contributed by atoms with Crippen LogP contribution in [0.2, 0.25) is 0 Å². The standard InChI is InChI=1S/2ClH.H2O.2O.V/h2*1H;1H2;;;/q;;;;;+1/p-1. The Hall–Kier alpha value is 0.724.